The first-order valence-corrected chi connectivity index (χ1v) is 25.8. The van der Waals surface area contributed by atoms with Crippen LogP contribution in [-0.4, -0.2) is 196 Å². The van der Waals surface area contributed by atoms with Crippen molar-refractivity contribution < 1.29 is 100 Å². The molecule has 2 aromatic heterocycles. The van der Waals surface area contributed by atoms with E-state index in [4.69, 9.17) is 40.0 Å². The molecule has 3 fully saturated rings. The van der Waals surface area contributed by atoms with Gasteiger partial charge < -0.3 is 82.4 Å². The Hall–Kier alpha value is -6.83. The lowest BCUT2D eigenvalue weighted by Gasteiger charge is -2.38. The summed E-state index contributed by atoms with van der Waals surface area (Å²) in [4.78, 5) is 72.2. The van der Waals surface area contributed by atoms with Crippen molar-refractivity contribution in [1.82, 2.24) is 24.8 Å². The number of nitrogens with two attached hydrogens (primary N) is 1. The minimum Gasteiger partial charge on any atom is -0.479 e. The first-order valence-electron chi connectivity index (χ1n) is 24.4. The smallest absolute Gasteiger partial charge is 0.335 e. The SMILES string of the molecule is C#Cc1cccc(Nc2nc[n+](Cc3ccc(O[C@@H]4O[C@H](C(=O)O)[C@@H](O)[C@H](O)[C@H]4O)c(NC(=O)CCNC(=O)CCOCCOCCOCCN4C(=O)CC(C)C4=O)c3)c3c2ncn3[C@@H]2O[C@H](COS(N)(=O)=O)[C@@H](O)[C@H]2O)c1.[CH3-]. The van der Waals surface area contributed by atoms with Gasteiger partial charge in [0.2, 0.25) is 48.3 Å². The fourth-order valence-corrected chi connectivity index (χ4v) is 8.76. The average Bonchev–Trinajstić information content (AvgIpc) is 4.29. The summed E-state index contributed by atoms with van der Waals surface area (Å²) in [5, 5.41) is 76.8. The second kappa shape index (κ2) is 27.9. The van der Waals surface area contributed by atoms with Crippen molar-refractivity contribution in [2.24, 2.45) is 11.1 Å². The molecule has 5 heterocycles. The molecule has 0 spiro atoms. The minimum absolute atomic E-state index is 0. The van der Waals surface area contributed by atoms with Crippen LogP contribution in [0.5, 0.6) is 5.75 Å². The van der Waals surface area contributed by atoms with Gasteiger partial charge in [-0.15, -0.1) is 6.42 Å². The highest BCUT2D eigenvalue weighted by Crippen LogP contribution is 2.35. The van der Waals surface area contributed by atoms with Gasteiger partial charge >= 0.3 is 16.3 Å². The summed E-state index contributed by atoms with van der Waals surface area (Å²) in [5.74, 6) is -0.937. The van der Waals surface area contributed by atoms with Gasteiger partial charge in [0.25, 0.3) is 5.65 Å². The summed E-state index contributed by atoms with van der Waals surface area (Å²) >= 11 is 0. The molecule has 0 saturated carbocycles. The van der Waals surface area contributed by atoms with Gasteiger partial charge in [0.1, 0.15) is 42.4 Å². The van der Waals surface area contributed by atoms with Crippen molar-refractivity contribution in [3.05, 3.63) is 73.7 Å². The summed E-state index contributed by atoms with van der Waals surface area (Å²) in [6.45, 7) is 1.98. The topological polar surface area (TPSA) is 405 Å². The molecule has 3 aliphatic rings. The lowest BCUT2D eigenvalue weighted by Crippen LogP contribution is -2.61. The van der Waals surface area contributed by atoms with E-state index < -0.39 is 89.9 Å². The van der Waals surface area contributed by atoms with Gasteiger partial charge in [0.15, 0.2) is 17.9 Å². The van der Waals surface area contributed by atoms with E-state index in [0.717, 1.165) is 0 Å². The molecule has 2 aromatic carbocycles. The first-order chi connectivity index (χ1) is 37.2. The van der Waals surface area contributed by atoms with Crippen molar-refractivity contribution in [2.75, 3.05) is 70.0 Å². The third-order valence-electron chi connectivity index (χ3n) is 12.4. The highest BCUT2D eigenvalue weighted by molar-refractivity contribution is 7.84. The van der Waals surface area contributed by atoms with E-state index in [1.165, 1.54) is 40.3 Å². The number of hydrogen-bond donors (Lipinski definition) is 10. The normalized spacial score (nSPS) is 24.0. The molecule has 29 nitrogen and oxygen atoms in total. The highest BCUT2D eigenvalue weighted by Gasteiger charge is 2.49. The monoisotopic (exact) mass is 1130 g/mol. The summed E-state index contributed by atoms with van der Waals surface area (Å²) in [6, 6.07) is 11.1. The number of carbonyl (C=O) groups is 5. The number of imidazole rings is 1. The summed E-state index contributed by atoms with van der Waals surface area (Å²) in [5.41, 5.74) is 1.84. The van der Waals surface area contributed by atoms with Crippen LogP contribution in [0.3, 0.4) is 0 Å². The number of benzene rings is 2. The molecule has 11 N–H and O–H groups in total. The largest absolute Gasteiger partial charge is 0.479 e. The highest BCUT2D eigenvalue weighted by atomic mass is 32.2. The molecular weight excluding hydrogens is 1070 g/mol. The van der Waals surface area contributed by atoms with Crippen LogP contribution in [0.4, 0.5) is 17.2 Å². The van der Waals surface area contributed by atoms with Crippen molar-refractivity contribution in [3.8, 4) is 18.1 Å². The molecule has 3 aliphatic heterocycles. The number of carboxylic acid groups (broad SMARTS) is 1. The van der Waals surface area contributed by atoms with Crippen molar-refractivity contribution in [1.29, 1.82) is 0 Å². The molecule has 4 amide bonds. The number of aliphatic hydroxyl groups is 5. The van der Waals surface area contributed by atoms with E-state index in [1.54, 1.807) is 35.8 Å². The first kappa shape index (κ1) is 61.4. The molecule has 430 valence electrons. The van der Waals surface area contributed by atoms with E-state index in [1.807, 2.05) is 0 Å². The number of ether oxygens (including phenoxy) is 6. The number of amides is 4. The number of aromatic nitrogens is 4. The van der Waals surface area contributed by atoms with Gasteiger partial charge in [0.05, 0.1) is 65.0 Å². The fraction of sp³-hybridized carbons (Fsp3) is 0.490. The number of carboxylic acids is 1. The Balaban J connectivity index is 0.0000101. The molecule has 4 aromatic rings. The zero-order valence-corrected chi connectivity index (χ0v) is 43.7. The van der Waals surface area contributed by atoms with Crippen LogP contribution < -0.4 is 30.4 Å². The average molecular weight is 1130 g/mol. The molecule has 3 saturated heterocycles. The Kier molecular flexibility index (Phi) is 21.6. The molecule has 0 bridgehead atoms. The van der Waals surface area contributed by atoms with E-state index in [0.29, 0.717) is 16.8 Å². The third kappa shape index (κ3) is 15.9. The van der Waals surface area contributed by atoms with Gasteiger partial charge in [-0.3, -0.25) is 28.3 Å². The van der Waals surface area contributed by atoms with Crippen molar-refractivity contribution in [3.63, 3.8) is 0 Å². The second-order valence-corrected chi connectivity index (χ2v) is 19.3. The van der Waals surface area contributed by atoms with E-state index in [2.05, 4.69) is 36.0 Å². The van der Waals surface area contributed by atoms with Gasteiger partial charge in [-0.2, -0.15) is 8.42 Å². The Bertz CT molecular complexity index is 2960. The van der Waals surface area contributed by atoms with E-state index in [-0.39, 0.29) is 132 Å². The number of nitrogens with zero attached hydrogens (tertiary/aromatic N) is 5. The van der Waals surface area contributed by atoms with Gasteiger partial charge in [-0.1, -0.05) is 30.0 Å². The van der Waals surface area contributed by atoms with Gasteiger partial charge in [-0.25, -0.2) is 24.1 Å². The third-order valence-corrected chi connectivity index (χ3v) is 12.9. The van der Waals surface area contributed by atoms with Crippen LogP contribution >= 0.6 is 0 Å². The number of aliphatic carboxylic acids is 1. The maximum atomic E-state index is 13.5. The number of imide groups is 1. The standard InChI is InChI=1S/C48H59N9O20S.CH3/c1-3-27-5-4-6-29(20-27)53-43-36-44(57(25-51-36)46-40(64)37(61)32(75-46)23-74-78(49,69)70)55(24-52-43)22-28-7-8-31(76-48-41(65)38(62)39(63)42(77-48)47(67)68)30(21-28)54-34(59)9-11-50-33(58)10-13-71-15-17-73-18-16-72-14-12-56-35(60)19-26(2)45(56)66;/h1,4-8,20-21,24-26,32,37-42,46,48,61-65H,9-19,22-23H2,2H3,(H5,49,50,54,58,59,67,68,69,70);1H3/q;-1/p+1/t26?,32-,37-,38+,39+,40-,41-,42+,46-,48-;/m1./s1. The van der Waals surface area contributed by atoms with Crippen molar-refractivity contribution >= 4 is 68.3 Å². The summed E-state index contributed by atoms with van der Waals surface area (Å²) in [7, 11) is -4.46. The minimum atomic E-state index is -4.46. The van der Waals surface area contributed by atoms with Crippen LogP contribution in [-0.2, 0) is 68.7 Å². The lowest BCUT2D eigenvalue weighted by atomic mass is 9.99. The van der Waals surface area contributed by atoms with Crippen LogP contribution in [0.2, 0.25) is 0 Å². The Labute approximate surface area is 452 Å². The number of likely N-dealkylation sites (tertiary alicyclic amines) is 1. The molecular formula is C49H63N9O20S. The maximum Gasteiger partial charge on any atom is 0.335 e. The maximum absolute atomic E-state index is 13.5. The number of aliphatic hydroxyl groups excluding tert-OH is 5. The number of rotatable bonds is 27. The number of anilines is 3. The lowest BCUT2D eigenvalue weighted by molar-refractivity contribution is -0.668. The van der Waals surface area contributed by atoms with Crippen LogP contribution in [0.1, 0.15) is 43.5 Å². The molecule has 79 heavy (non-hydrogen) atoms. The Morgan fingerprint density at radius 2 is 1.62 bits per heavy atom. The Morgan fingerprint density at radius 1 is 0.899 bits per heavy atom. The number of nitrogens with one attached hydrogen (secondary N) is 3. The Morgan fingerprint density at radius 3 is 2.30 bits per heavy atom. The summed E-state index contributed by atoms with van der Waals surface area (Å²) in [6.07, 6.45) is -7.80. The molecule has 7 rings (SSSR count). The number of terminal acetylenes is 1. The summed E-state index contributed by atoms with van der Waals surface area (Å²) < 4.78 is 64.2. The predicted molar refractivity (Wildman–Crippen MR) is 271 cm³/mol. The molecule has 10 atom stereocenters. The second-order valence-electron chi connectivity index (χ2n) is 18.1. The molecule has 30 heteroatoms. The predicted octanol–water partition coefficient (Wildman–Crippen LogP) is -2.67. The van der Waals surface area contributed by atoms with Crippen LogP contribution in [0.25, 0.3) is 11.2 Å². The molecule has 0 aliphatic carbocycles. The molecule has 0 radical (unpaired) electrons. The zero-order chi connectivity index (χ0) is 56.3. The quantitative estimate of drug-likeness (QED) is 0.00957. The zero-order valence-electron chi connectivity index (χ0n) is 42.9. The van der Waals surface area contributed by atoms with Gasteiger partial charge in [-0.05, 0) is 35.9 Å². The molecule has 1 unspecified atom stereocenters. The number of carbonyl (C=O) groups excluding carboxylic acids is 4. The van der Waals surface area contributed by atoms with Crippen LogP contribution in [0.15, 0.2) is 55.1 Å². The van der Waals surface area contributed by atoms with Crippen molar-refractivity contribution in [2.45, 2.75) is 88.0 Å². The number of hydrogen-bond acceptors (Lipinski definition) is 22. The van der Waals surface area contributed by atoms with E-state index >= 15 is 0 Å². The van der Waals surface area contributed by atoms with Gasteiger partial charge in [0, 0.05) is 43.0 Å². The number of fused-ring (bicyclic) bond motifs is 1. The fourth-order valence-electron chi connectivity index (χ4n) is 8.43. The van der Waals surface area contributed by atoms with E-state index in [9.17, 15) is 63.0 Å². The van der Waals surface area contributed by atoms with Crippen LogP contribution in [0, 0.1) is 25.7 Å².